The van der Waals surface area contributed by atoms with Gasteiger partial charge in [-0.1, -0.05) is 0 Å². The van der Waals surface area contributed by atoms with Crippen molar-refractivity contribution in [1.82, 2.24) is 0 Å². The summed E-state index contributed by atoms with van der Waals surface area (Å²) in [6.45, 7) is 0. The Morgan fingerprint density at radius 2 is 1.71 bits per heavy atom. The van der Waals surface area contributed by atoms with Gasteiger partial charge in [0.2, 0.25) is 0 Å². The van der Waals surface area contributed by atoms with Crippen LogP contribution < -0.4 is 0 Å². The molecule has 0 spiro atoms. The molecule has 0 aromatic carbocycles. The molecule has 0 unspecified atom stereocenters. The van der Waals surface area contributed by atoms with Crippen LogP contribution in [-0.4, -0.2) is 7.32 Å². The quantitative estimate of drug-likeness (QED) is 0.543. The van der Waals surface area contributed by atoms with Crippen LogP contribution in [0.15, 0.2) is 0 Å². The maximum absolute atomic E-state index is 4.52. The minimum absolute atomic E-state index is 0.624. The van der Waals surface area contributed by atoms with Crippen LogP contribution in [0.2, 0.25) is 0 Å². The lowest BCUT2D eigenvalue weighted by molar-refractivity contribution is 0.434. The first-order valence-corrected chi connectivity index (χ1v) is 3.58. The highest BCUT2D eigenvalue weighted by Crippen LogP contribution is 2.04. The zero-order valence-corrected chi connectivity index (χ0v) is 8.84. The fraction of sp³-hybridized carbons (Fsp3) is 0. The molecule has 3 nitrogen and oxygen atoms in total. The first-order valence-electron chi connectivity index (χ1n) is 1.17. The van der Waals surface area contributed by atoms with Crippen LogP contribution in [0.3, 0.4) is 0 Å². The predicted octanol–water partition coefficient (Wildman–Crippen LogP) is 2.03. The van der Waals surface area contributed by atoms with Crippen LogP contribution >= 0.6 is 62.3 Å². The van der Waals surface area contributed by atoms with E-state index >= 15 is 0 Å². The summed E-state index contributed by atoms with van der Waals surface area (Å²) in [4.78, 5) is 0. The summed E-state index contributed by atoms with van der Waals surface area (Å²) >= 11 is 6.01. The molecule has 42 valence electrons. The summed E-state index contributed by atoms with van der Waals surface area (Å²) < 4.78 is 13.4. The van der Waals surface area contributed by atoms with Crippen molar-refractivity contribution in [3.63, 3.8) is 0 Å². The van der Waals surface area contributed by atoms with E-state index in [1.165, 1.54) is 0 Å². The van der Waals surface area contributed by atoms with E-state index in [0.717, 1.165) is 0 Å². The van der Waals surface area contributed by atoms with E-state index in [4.69, 9.17) is 0 Å². The molecule has 0 saturated heterocycles. The third kappa shape index (κ3) is 4.39. The molecule has 0 aliphatic heterocycles. The van der Waals surface area contributed by atoms with Gasteiger partial charge in [0.1, 0.15) is 0 Å². The molecule has 0 amide bonds. The highest BCUT2D eigenvalue weighted by Gasteiger charge is 2.17. The Bertz CT molecular complexity index is 34.4. The van der Waals surface area contributed by atoms with Crippen molar-refractivity contribution in [3.8, 4) is 0 Å². The molecule has 0 aromatic rings. The maximum atomic E-state index is 4.52. The van der Waals surface area contributed by atoms with Crippen LogP contribution in [0.1, 0.15) is 0 Å². The molecule has 7 heteroatoms. The second kappa shape index (κ2) is 6.01. The lowest BCUT2D eigenvalue weighted by Crippen LogP contribution is -2.12. The minimum atomic E-state index is -0.624. The number of hydrogen-bond donors (Lipinski definition) is 0. The molecule has 0 aromatic heterocycles. The molecule has 0 aliphatic rings. The molecule has 0 fully saturated rings. The summed E-state index contributed by atoms with van der Waals surface area (Å²) in [5.41, 5.74) is 0. The normalized spacial score (nSPS) is 9.00. The van der Waals surface area contributed by atoms with Crippen molar-refractivity contribution in [3.05, 3.63) is 0 Å². The first kappa shape index (κ1) is 8.88. The van der Waals surface area contributed by atoms with Gasteiger partial charge in [-0.05, 0) is 0 Å². The fourth-order valence-corrected chi connectivity index (χ4v) is 1.58. The number of halogens is 3. The smallest absolute Gasteiger partial charge is 0.319 e. The minimum Gasteiger partial charge on any atom is -0.319 e. The molecular weight excluding hydrogens is 393 g/mol. The van der Waals surface area contributed by atoms with Gasteiger partial charge in [-0.3, -0.25) is 0 Å². The van der Waals surface area contributed by atoms with E-state index in [2.05, 4.69) is 26.0 Å². The molecule has 0 aliphatic carbocycles. The van der Waals surface area contributed by atoms with E-state index in [1.54, 1.807) is 46.0 Å². The number of hydrogen-bond acceptors (Lipinski definition) is 3. The molecule has 0 radical (unpaired) electrons. The van der Waals surface area contributed by atoms with Gasteiger partial charge in [0, 0.05) is 0 Å². The predicted molar refractivity (Wildman–Crippen MR) is 46.0 cm³/mol. The lowest BCUT2D eigenvalue weighted by Gasteiger charge is -1.95. The van der Waals surface area contributed by atoms with Crippen LogP contribution in [0.4, 0.5) is 0 Å². The van der Waals surface area contributed by atoms with Gasteiger partial charge in [0.25, 0.3) is 0 Å². The van der Waals surface area contributed by atoms with E-state index in [1.807, 2.05) is 0 Å². The average Bonchev–Trinajstić information content (AvgIpc) is 1.72. The second-order valence-corrected chi connectivity index (χ2v) is 1.95. The first-order chi connectivity index (χ1) is 3.35. The summed E-state index contributed by atoms with van der Waals surface area (Å²) in [5.74, 6) is 0. The highest BCUT2D eigenvalue weighted by atomic mass is 127. The lowest BCUT2D eigenvalue weighted by atomic mass is 10.3. The highest BCUT2D eigenvalue weighted by molar-refractivity contribution is 14.1. The maximum Gasteiger partial charge on any atom is 0.670 e. The van der Waals surface area contributed by atoms with Gasteiger partial charge in [-0.15, -0.1) is 0 Å². The third-order valence-corrected chi connectivity index (χ3v) is 1.35. The van der Waals surface area contributed by atoms with Crippen LogP contribution in [0, 0.1) is 0 Å². The van der Waals surface area contributed by atoms with Crippen LogP contribution in [0.5, 0.6) is 0 Å². The van der Waals surface area contributed by atoms with Gasteiger partial charge >= 0.3 is 7.32 Å². The van der Waals surface area contributed by atoms with Gasteiger partial charge in [-0.2, -0.15) is 0 Å². The van der Waals surface area contributed by atoms with Gasteiger partial charge in [-0.25, -0.2) is 0 Å². The molecule has 0 heterocycles. The molecule has 0 saturated carbocycles. The molecule has 0 N–H and O–H groups in total. The number of rotatable bonds is 3. The van der Waals surface area contributed by atoms with Crippen molar-refractivity contribution in [2.45, 2.75) is 0 Å². The summed E-state index contributed by atoms with van der Waals surface area (Å²) in [6.07, 6.45) is 0. The summed E-state index contributed by atoms with van der Waals surface area (Å²) in [5, 5.41) is 0. The zero-order valence-electron chi connectivity index (χ0n) is 2.94. The van der Waals surface area contributed by atoms with Gasteiger partial charge < -0.3 is 9.71 Å². The van der Waals surface area contributed by atoms with Crippen molar-refractivity contribution >= 4 is 69.6 Å². The summed E-state index contributed by atoms with van der Waals surface area (Å²) in [7, 11) is -0.624. The van der Waals surface area contributed by atoms with Crippen LogP contribution in [-0.2, 0) is 9.71 Å². The second-order valence-electron chi connectivity index (χ2n) is 0.556. The Hall–Kier alpha value is 1.88. The molecule has 7 heavy (non-hydrogen) atoms. The Balaban J connectivity index is 2.99. The molecule has 0 rings (SSSR count). The Morgan fingerprint density at radius 3 is 1.71 bits per heavy atom. The third-order valence-electron chi connectivity index (χ3n) is 0.218. The zero-order chi connectivity index (χ0) is 5.70. The standard InChI is InChI=1S/BBrI2O3/c2-5-1(6-3)7-4. The van der Waals surface area contributed by atoms with Crippen molar-refractivity contribution in [2.75, 3.05) is 0 Å². The van der Waals surface area contributed by atoms with Crippen molar-refractivity contribution < 1.29 is 9.71 Å². The molecule has 0 bridgehead atoms. The Morgan fingerprint density at radius 1 is 1.29 bits per heavy atom. The van der Waals surface area contributed by atoms with E-state index in [9.17, 15) is 0 Å². The fourth-order valence-electron chi connectivity index (χ4n) is 0.0412. The average molecular weight is 393 g/mol. The summed E-state index contributed by atoms with van der Waals surface area (Å²) in [6, 6.07) is 0. The SMILES string of the molecule is BrOB(OI)OI. The largest absolute Gasteiger partial charge is 0.670 e. The van der Waals surface area contributed by atoms with Crippen LogP contribution in [0.25, 0.3) is 0 Å². The van der Waals surface area contributed by atoms with Crippen molar-refractivity contribution in [1.29, 1.82) is 0 Å². The topological polar surface area (TPSA) is 27.7 Å². The van der Waals surface area contributed by atoms with E-state index in [0.29, 0.717) is 0 Å². The van der Waals surface area contributed by atoms with E-state index in [-0.39, 0.29) is 0 Å². The molecule has 0 atom stereocenters. The van der Waals surface area contributed by atoms with Crippen molar-refractivity contribution in [2.24, 2.45) is 0 Å². The van der Waals surface area contributed by atoms with Gasteiger partial charge in [0.15, 0.2) is 0 Å². The van der Waals surface area contributed by atoms with E-state index < -0.39 is 7.32 Å². The monoisotopic (exact) mass is 392 g/mol. The van der Waals surface area contributed by atoms with Gasteiger partial charge in [0.05, 0.1) is 62.3 Å². The Kier molecular flexibility index (Phi) is 7.63. The Labute approximate surface area is 78.5 Å². The molecular formula is BBrI2O3.